The minimum Gasteiger partial charge on any atom is -0.345 e. The van der Waals surface area contributed by atoms with Crippen LogP contribution in [0.3, 0.4) is 0 Å². The summed E-state index contributed by atoms with van der Waals surface area (Å²) in [6, 6.07) is -0.419. The number of rotatable bonds is 6. The van der Waals surface area contributed by atoms with Gasteiger partial charge in [0.1, 0.15) is 6.33 Å². The molecule has 1 rings (SSSR count). The molecule has 1 heterocycles. The summed E-state index contributed by atoms with van der Waals surface area (Å²) < 4.78 is 1.74. The molecule has 1 atom stereocenters. The largest absolute Gasteiger partial charge is 0.345 e. The van der Waals surface area contributed by atoms with Crippen LogP contribution in [0, 0.1) is 5.92 Å². The maximum absolute atomic E-state index is 11.7. The lowest BCUT2D eigenvalue weighted by Crippen LogP contribution is -2.44. The lowest BCUT2D eigenvalue weighted by Gasteiger charge is -2.19. The molecular formula is C11H18N4O2S. The van der Waals surface area contributed by atoms with Crippen LogP contribution in [-0.2, 0) is 16.6 Å². The van der Waals surface area contributed by atoms with Gasteiger partial charge in [-0.2, -0.15) is 0 Å². The fraction of sp³-hybridized carbons (Fsp3) is 0.636. The Morgan fingerprint density at radius 1 is 1.50 bits per heavy atom. The third-order valence-corrected chi connectivity index (χ3v) is 3.46. The summed E-state index contributed by atoms with van der Waals surface area (Å²) in [6.45, 7) is 5.30. The van der Waals surface area contributed by atoms with Gasteiger partial charge in [-0.15, -0.1) is 10.2 Å². The molecule has 18 heavy (non-hydrogen) atoms. The number of aromatic nitrogens is 3. The van der Waals surface area contributed by atoms with Crippen LogP contribution in [0.2, 0.25) is 0 Å². The Bertz CT molecular complexity index is 430. The van der Waals surface area contributed by atoms with E-state index >= 15 is 0 Å². The average Bonchev–Trinajstić information content (AvgIpc) is 2.68. The minimum atomic E-state index is -0.419. The summed E-state index contributed by atoms with van der Waals surface area (Å²) in [4.78, 5) is 23.1. The molecular weight excluding hydrogens is 252 g/mol. The first kappa shape index (κ1) is 14.7. The van der Waals surface area contributed by atoms with E-state index in [0.29, 0.717) is 5.16 Å². The maximum atomic E-state index is 11.7. The second-order valence-electron chi connectivity index (χ2n) is 4.41. The fourth-order valence-electron chi connectivity index (χ4n) is 1.49. The molecule has 0 spiro atoms. The monoisotopic (exact) mass is 270 g/mol. The quantitative estimate of drug-likeness (QED) is 0.767. The van der Waals surface area contributed by atoms with Crippen LogP contribution >= 0.6 is 11.8 Å². The molecule has 0 saturated heterocycles. The van der Waals surface area contributed by atoms with Gasteiger partial charge in [-0.1, -0.05) is 25.6 Å². The summed E-state index contributed by atoms with van der Waals surface area (Å²) in [5.41, 5.74) is 0. The minimum absolute atomic E-state index is 0.0259. The second kappa shape index (κ2) is 6.53. The van der Waals surface area contributed by atoms with E-state index in [4.69, 9.17) is 0 Å². The summed E-state index contributed by atoms with van der Waals surface area (Å²) in [7, 11) is 1.81. The predicted molar refractivity (Wildman–Crippen MR) is 69.2 cm³/mol. The van der Waals surface area contributed by atoms with E-state index in [0.717, 1.165) is 0 Å². The highest BCUT2D eigenvalue weighted by Crippen LogP contribution is 2.13. The van der Waals surface area contributed by atoms with E-state index in [9.17, 15) is 9.59 Å². The Hall–Kier alpha value is -1.37. The molecule has 0 aromatic carbocycles. The summed E-state index contributed by atoms with van der Waals surface area (Å²) in [6.07, 6.45) is 1.58. The molecule has 1 aromatic rings. The SMILES string of the molecule is CC(=O)C(NC(=O)CSc1nncn1C)C(C)C. The summed E-state index contributed by atoms with van der Waals surface area (Å²) >= 11 is 1.29. The molecule has 0 aliphatic carbocycles. The zero-order valence-corrected chi connectivity index (χ0v) is 11.8. The molecule has 0 aliphatic rings. The molecule has 0 aliphatic heterocycles. The number of nitrogens with one attached hydrogen (secondary N) is 1. The van der Waals surface area contributed by atoms with E-state index in [1.807, 2.05) is 20.9 Å². The molecule has 1 N–H and O–H groups in total. The molecule has 7 heteroatoms. The molecule has 1 unspecified atom stereocenters. The van der Waals surface area contributed by atoms with Crippen LogP contribution in [0.25, 0.3) is 0 Å². The van der Waals surface area contributed by atoms with E-state index in [1.54, 1.807) is 10.9 Å². The predicted octanol–water partition coefficient (Wildman–Crippen LogP) is 0.637. The number of aryl methyl sites for hydroxylation is 1. The molecule has 0 bridgehead atoms. The highest BCUT2D eigenvalue weighted by atomic mass is 32.2. The third kappa shape index (κ3) is 4.14. The van der Waals surface area contributed by atoms with Gasteiger partial charge < -0.3 is 9.88 Å². The lowest BCUT2D eigenvalue weighted by atomic mass is 10.0. The van der Waals surface area contributed by atoms with E-state index in [1.165, 1.54) is 18.7 Å². The van der Waals surface area contributed by atoms with Gasteiger partial charge in [0.25, 0.3) is 0 Å². The van der Waals surface area contributed by atoms with Gasteiger partial charge in [0.15, 0.2) is 10.9 Å². The topological polar surface area (TPSA) is 76.9 Å². The van der Waals surface area contributed by atoms with Crippen molar-refractivity contribution >= 4 is 23.5 Å². The van der Waals surface area contributed by atoms with Crippen molar-refractivity contribution in [1.82, 2.24) is 20.1 Å². The molecule has 0 fully saturated rings. The van der Waals surface area contributed by atoms with E-state index < -0.39 is 6.04 Å². The van der Waals surface area contributed by atoms with Crippen molar-refractivity contribution < 1.29 is 9.59 Å². The Balaban J connectivity index is 2.46. The summed E-state index contributed by atoms with van der Waals surface area (Å²) in [5.74, 6) is 0.119. The number of carbonyl (C=O) groups excluding carboxylic acids is 2. The third-order valence-electron chi connectivity index (χ3n) is 2.42. The van der Waals surface area contributed by atoms with E-state index in [2.05, 4.69) is 15.5 Å². The van der Waals surface area contributed by atoms with Crippen molar-refractivity contribution in [2.24, 2.45) is 13.0 Å². The van der Waals surface area contributed by atoms with Gasteiger partial charge >= 0.3 is 0 Å². The molecule has 100 valence electrons. The van der Waals surface area contributed by atoms with Crippen LogP contribution < -0.4 is 5.32 Å². The van der Waals surface area contributed by atoms with Crippen molar-refractivity contribution in [3.8, 4) is 0 Å². The number of hydrogen-bond acceptors (Lipinski definition) is 5. The van der Waals surface area contributed by atoms with Crippen LogP contribution in [0.1, 0.15) is 20.8 Å². The highest BCUT2D eigenvalue weighted by Gasteiger charge is 2.20. The number of nitrogens with zero attached hydrogens (tertiary/aromatic N) is 3. The standard InChI is InChI=1S/C11H18N4O2S/c1-7(2)10(8(3)16)13-9(17)5-18-11-14-12-6-15(11)4/h6-7,10H,5H2,1-4H3,(H,13,17). The van der Waals surface area contributed by atoms with Crippen molar-refractivity contribution in [3.05, 3.63) is 6.33 Å². The molecule has 1 aromatic heterocycles. The van der Waals surface area contributed by atoms with Gasteiger partial charge in [0.05, 0.1) is 11.8 Å². The molecule has 0 saturated carbocycles. The van der Waals surface area contributed by atoms with Crippen molar-refractivity contribution in [2.45, 2.75) is 32.0 Å². The highest BCUT2D eigenvalue weighted by molar-refractivity contribution is 7.99. The maximum Gasteiger partial charge on any atom is 0.231 e. The van der Waals surface area contributed by atoms with Crippen molar-refractivity contribution in [3.63, 3.8) is 0 Å². The van der Waals surface area contributed by atoms with Crippen molar-refractivity contribution in [1.29, 1.82) is 0 Å². The fourth-order valence-corrected chi connectivity index (χ4v) is 2.19. The lowest BCUT2D eigenvalue weighted by molar-refractivity contribution is -0.126. The Kier molecular flexibility index (Phi) is 5.33. The number of hydrogen-bond donors (Lipinski definition) is 1. The summed E-state index contributed by atoms with van der Waals surface area (Å²) in [5, 5.41) is 11.0. The van der Waals surface area contributed by atoms with Crippen LogP contribution in [0.15, 0.2) is 11.5 Å². The Morgan fingerprint density at radius 2 is 2.17 bits per heavy atom. The van der Waals surface area contributed by atoms with Gasteiger partial charge in [0.2, 0.25) is 5.91 Å². The number of amides is 1. The van der Waals surface area contributed by atoms with Gasteiger partial charge in [-0.3, -0.25) is 9.59 Å². The number of ketones is 1. The Labute approximate surface area is 111 Å². The smallest absolute Gasteiger partial charge is 0.231 e. The van der Waals surface area contributed by atoms with Crippen LogP contribution in [0.4, 0.5) is 0 Å². The normalized spacial score (nSPS) is 12.5. The second-order valence-corrected chi connectivity index (χ2v) is 5.36. The van der Waals surface area contributed by atoms with E-state index in [-0.39, 0.29) is 23.4 Å². The van der Waals surface area contributed by atoms with Gasteiger partial charge in [0, 0.05) is 7.05 Å². The molecule has 1 amide bonds. The number of carbonyl (C=O) groups is 2. The number of thioether (sulfide) groups is 1. The zero-order chi connectivity index (χ0) is 13.7. The van der Waals surface area contributed by atoms with Gasteiger partial charge in [-0.05, 0) is 12.8 Å². The molecule has 6 nitrogen and oxygen atoms in total. The zero-order valence-electron chi connectivity index (χ0n) is 11.0. The van der Waals surface area contributed by atoms with Crippen LogP contribution in [0.5, 0.6) is 0 Å². The average molecular weight is 270 g/mol. The Morgan fingerprint density at radius 3 is 2.61 bits per heavy atom. The first-order valence-corrected chi connectivity index (χ1v) is 6.67. The first-order chi connectivity index (χ1) is 8.41. The first-order valence-electron chi connectivity index (χ1n) is 5.68. The van der Waals surface area contributed by atoms with Crippen molar-refractivity contribution in [2.75, 3.05) is 5.75 Å². The van der Waals surface area contributed by atoms with Crippen LogP contribution in [-0.4, -0.2) is 38.2 Å². The molecule has 0 radical (unpaired) electrons. The number of Topliss-reactive ketones (excluding diaryl/α,β-unsaturated/α-hetero) is 1. The van der Waals surface area contributed by atoms with Gasteiger partial charge in [-0.25, -0.2) is 0 Å².